The molecule has 3 nitrogen and oxygen atoms in total. The van der Waals surface area contributed by atoms with Crippen molar-refractivity contribution in [2.24, 2.45) is 5.92 Å². The fraction of sp³-hybridized carbons (Fsp3) is 0.577. The van der Waals surface area contributed by atoms with Crippen LogP contribution in [-0.4, -0.2) is 26.0 Å². The molecule has 0 heterocycles. The predicted octanol–water partition coefficient (Wildman–Crippen LogP) is 6.36. The van der Waals surface area contributed by atoms with Crippen molar-refractivity contribution in [3.8, 4) is 0 Å². The molecule has 1 atom stereocenters. The summed E-state index contributed by atoms with van der Waals surface area (Å²) in [6.45, 7) is 10.1. The van der Waals surface area contributed by atoms with Crippen molar-refractivity contribution < 1.29 is 4.79 Å². The Morgan fingerprint density at radius 3 is 2.07 bits per heavy atom. The van der Waals surface area contributed by atoms with Crippen molar-refractivity contribution in [3.05, 3.63) is 48.0 Å². The van der Waals surface area contributed by atoms with Crippen molar-refractivity contribution >= 4 is 16.7 Å². The first kappa shape index (κ1) is 27.1. The average molecular weight is 401 g/mol. The summed E-state index contributed by atoms with van der Waals surface area (Å²) in [5.41, 5.74) is 1.29. The quantitative estimate of drug-likeness (QED) is 0.627. The molecule has 1 aliphatic carbocycles. The van der Waals surface area contributed by atoms with Crippen LogP contribution in [0.4, 0.5) is 0 Å². The van der Waals surface area contributed by atoms with E-state index in [1.165, 1.54) is 35.6 Å². The van der Waals surface area contributed by atoms with E-state index >= 15 is 0 Å². The van der Waals surface area contributed by atoms with Crippen LogP contribution in [-0.2, 0) is 11.2 Å². The van der Waals surface area contributed by atoms with Crippen LogP contribution in [0.1, 0.15) is 72.3 Å². The Bertz CT molecular complexity index is 663. The van der Waals surface area contributed by atoms with Gasteiger partial charge in [-0.15, -0.1) is 0 Å². The van der Waals surface area contributed by atoms with Crippen LogP contribution in [0.25, 0.3) is 10.8 Å². The minimum absolute atomic E-state index is 0.190. The first-order valence-electron chi connectivity index (χ1n) is 11.5. The number of carbonyl (C=O) groups is 1. The zero-order chi connectivity index (χ0) is 22.1. The molecule has 0 spiro atoms. The van der Waals surface area contributed by atoms with Crippen LogP contribution in [0.2, 0.25) is 0 Å². The fourth-order valence-corrected chi connectivity index (χ4v) is 3.50. The topological polar surface area (TPSA) is 41.1 Å². The van der Waals surface area contributed by atoms with Crippen LogP contribution in [0.5, 0.6) is 0 Å². The van der Waals surface area contributed by atoms with Gasteiger partial charge in [0.15, 0.2) is 0 Å². The Morgan fingerprint density at radius 2 is 1.48 bits per heavy atom. The highest BCUT2D eigenvalue weighted by Crippen LogP contribution is 2.24. The van der Waals surface area contributed by atoms with Gasteiger partial charge in [-0.2, -0.15) is 0 Å². The van der Waals surface area contributed by atoms with Gasteiger partial charge in [-0.1, -0.05) is 89.4 Å². The molecule has 1 fully saturated rings. The van der Waals surface area contributed by atoms with E-state index in [-0.39, 0.29) is 17.9 Å². The van der Waals surface area contributed by atoms with Gasteiger partial charge in [0, 0.05) is 12.0 Å². The summed E-state index contributed by atoms with van der Waals surface area (Å²) in [7, 11) is 3.75. The fourth-order valence-electron chi connectivity index (χ4n) is 3.50. The summed E-state index contributed by atoms with van der Waals surface area (Å²) >= 11 is 0. The zero-order valence-corrected chi connectivity index (χ0v) is 19.8. The van der Waals surface area contributed by atoms with Crippen LogP contribution >= 0.6 is 0 Å². The maximum atomic E-state index is 12.3. The molecular formula is C26H44N2O. The Kier molecular flexibility index (Phi) is 15.9. The number of fused-ring (bicyclic) bond motifs is 1. The first-order chi connectivity index (χ1) is 14.1. The second-order valence-corrected chi connectivity index (χ2v) is 7.13. The lowest BCUT2D eigenvalue weighted by molar-refractivity contribution is -0.126. The summed E-state index contributed by atoms with van der Waals surface area (Å²) in [5.74, 6) is 0.501. The van der Waals surface area contributed by atoms with Gasteiger partial charge < -0.3 is 10.6 Å². The zero-order valence-electron chi connectivity index (χ0n) is 19.8. The third kappa shape index (κ3) is 10.5. The Balaban J connectivity index is 0.00000100. The number of rotatable bonds is 4. The molecule has 1 aliphatic rings. The van der Waals surface area contributed by atoms with Gasteiger partial charge in [0.25, 0.3) is 0 Å². The summed E-state index contributed by atoms with van der Waals surface area (Å²) in [6.07, 6.45) is 6.72. The first-order valence-corrected chi connectivity index (χ1v) is 11.5. The molecule has 1 amide bonds. The molecule has 3 rings (SSSR count). The van der Waals surface area contributed by atoms with Gasteiger partial charge in [-0.25, -0.2) is 0 Å². The van der Waals surface area contributed by atoms with Crippen molar-refractivity contribution in [1.82, 2.24) is 10.6 Å². The highest BCUT2D eigenvalue weighted by molar-refractivity contribution is 5.83. The monoisotopic (exact) mass is 400 g/mol. The van der Waals surface area contributed by atoms with E-state index in [4.69, 9.17) is 0 Å². The molecule has 164 valence electrons. The van der Waals surface area contributed by atoms with E-state index < -0.39 is 0 Å². The van der Waals surface area contributed by atoms with Crippen LogP contribution < -0.4 is 10.6 Å². The van der Waals surface area contributed by atoms with Gasteiger partial charge in [0.05, 0.1) is 0 Å². The second-order valence-electron chi connectivity index (χ2n) is 7.13. The average Bonchev–Trinajstić information content (AvgIpc) is 2.77. The summed E-state index contributed by atoms with van der Waals surface area (Å²) in [5, 5.41) is 8.50. The number of hydrogen-bond donors (Lipinski definition) is 2. The van der Waals surface area contributed by atoms with Crippen molar-refractivity contribution in [3.63, 3.8) is 0 Å². The minimum atomic E-state index is 0.190. The Labute approximate surface area is 179 Å². The van der Waals surface area contributed by atoms with E-state index in [0.717, 1.165) is 19.3 Å². The molecule has 0 saturated heterocycles. The van der Waals surface area contributed by atoms with E-state index in [0.29, 0.717) is 0 Å². The smallest absolute Gasteiger partial charge is 0.223 e. The normalized spacial score (nSPS) is 14.2. The van der Waals surface area contributed by atoms with E-state index in [1.807, 2.05) is 41.8 Å². The largest absolute Gasteiger partial charge is 0.353 e. The molecule has 2 aromatic carbocycles. The predicted molar refractivity (Wildman–Crippen MR) is 130 cm³/mol. The third-order valence-electron chi connectivity index (χ3n) is 4.72. The molecule has 1 saturated carbocycles. The molecule has 2 aromatic rings. The highest BCUT2D eigenvalue weighted by atomic mass is 16.1. The highest BCUT2D eigenvalue weighted by Gasteiger charge is 2.22. The number of amides is 1. The lowest BCUT2D eigenvalue weighted by Crippen LogP contribution is -2.39. The lowest BCUT2D eigenvalue weighted by atomic mass is 9.88. The molecule has 29 heavy (non-hydrogen) atoms. The Hall–Kier alpha value is -1.87. The molecule has 0 bridgehead atoms. The maximum Gasteiger partial charge on any atom is 0.223 e. The van der Waals surface area contributed by atoms with Crippen molar-refractivity contribution in [2.45, 2.75) is 79.2 Å². The number of carbonyl (C=O) groups excluding carboxylic acids is 1. The van der Waals surface area contributed by atoms with Gasteiger partial charge in [0.1, 0.15) is 0 Å². The number of nitrogens with one attached hydrogen (secondary N) is 2. The molecule has 2 N–H and O–H groups in total. The molecular weight excluding hydrogens is 356 g/mol. The van der Waals surface area contributed by atoms with Crippen molar-refractivity contribution in [1.29, 1.82) is 0 Å². The molecule has 0 radical (unpaired) electrons. The summed E-state index contributed by atoms with van der Waals surface area (Å²) in [4.78, 5) is 12.3. The van der Waals surface area contributed by atoms with Gasteiger partial charge >= 0.3 is 0 Å². The van der Waals surface area contributed by atoms with Crippen LogP contribution in [0.3, 0.4) is 0 Å². The summed E-state index contributed by atoms with van der Waals surface area (Å²) < 4.78 is 0. The van der Waals surface area contributed by atoms with E-state index in [1.54, 1.807) is 0 Å². The molecule has 0 aliphatic heterocycles. The second kappa shape index (κ2) is 17.0. The standard InChI is InChI=1S/C20H25NO.C2H7N.2C2H6/c1-15(21-20(22)18-8-3-2-4-9-18)13-16-11-12-17-7-5-6-10-19(17)14-16;1-3-2;2*1-2/h5-7,10-12,14-15,18H,2-4,8-9,13H2,1H3,(H,21,22);3H,1-2H3;2*1-2H3. The van der Waals surface area contributed by atoms with Gasteiger partial charge in [-0.3, -0.25) is 4.79 Å². The van der Waals surface area contributed by atoms with Gasteiger partial charge in [-0.05, 0) is 56.6 Å². The van der Waals surface area contributed by atoms with Gasteiger partial charge in [0.2, 0.25) is 5.91 Å². The summed E-state index contributed by atoms with van der Waals surface area (Å²) in [6, 6.07) is 15.2. The van der Waals surface area contributed by atoms with Crippen LogP contribution in [0.15, 0.2) is 42.5 Å². The Morgan fingerprint density at radius 1 is 0.931 bits per heavy atom. The number of hydrogen-bond acceptors (Lipinski definition) is 2. The van der Waals surface area contributed by atoms with E-state index in [2.05, 4.69) is 60.0 Å². The lowest BCUT2D eigenvalue weighted by Gasteiger charge is -2.23. The van der Waals surface area contributed by atoms with Crippen LogP contribution in [0, 0.1) is 5.92 Å². The maximum absolute atomic E-state index is 12.3. The number of benzene rings is 2. The van der Waals surface area contributed by atoms with Crippen molar-refractivity contribution in [2.75, 3.05) is 14.1 Å². The molecule has 3 heteroatoms. The van der Waals surface area contributed by atoms with E-state index in [9.17, 15) is 4.79 Å². The SMILES string of the molecule is CC.CC.CC(Cc1ccc2ccccc2c1)NC(=O)C1CCCCC1.CNC. The minimum Gasteiger partial charge on any atom is -0.353 e. The third-order valence-corrected chi connectivity index (χ3v) is 4.72. The molecule has 1 unspecified atom stereocenters. The molecule has 0 aromatic heterocycles.